The largest absolute Gasteiger partial charge is 0.374 e. The molecule has 0 amide bonds. The van der Waals surface area contributed by atoms with Crippen molar-refractivity contribution in [1.29, 1.82) is 0 Å². The Balaban J connectivity index is 1.71. The van der Waals surface area contributed by atoms with Crippen molar-refractivity contribution in [2.75, 3.05) is 18.5 Å². The first-order valence-electron chi connectivity index (χ1n) is 6.50. The van der Waals surface area contributed by atoms with Crippen LogP contribution in [-0.4, -0.2) is 23.6 Å². The quantitative estimate of drug-likeness (QED) is 0.772. The zero-order valence-corrected chi connectivity index (χ0v) is 11.0. The molecule has 0 aliphatic heterocycles. The summed E-state index contributed by atoms with van der Waals surface area (Å²) in [6, 6.07) is 12.8. The van der Waals surface area contributed by atoms with Crippen LogP contribution in [0.1, 0.15) is 5.56 Å². The molecule has 0 radical (unpaired) electrons. The summed E-state index contributed by atoms with van der Waals surface area (Å²) < 4.78 is 0. The van der Waals surface area contributed by atoms with Gasteiger partial charge in [0.1, 0.15) is 0 Å². The maximum absolute atomic E-state index is 4.04. The number of rotatable bonds is 4. The van der Waals surface area contributed by atoms with Crippen LogP contribution in [0.5, 0.6) is 0 Å². The molecule has 0 spiro atoms. The standard InChI is InChI=1S/C16H17N3/c1-19(11-7-13-4-8-17-9-5-13)15-2-3-16-14(12-15)6-10-18-16/h2-6,8-10,12,18H,7,11H2,1H3. The summed E-state index contributed by atoms with van der Waals surface area (Å²) in [4.78, 5) is 9.54. The van der Waals surface area contributed by atoms with E-state index < -0.39 is 0 Å². The highest BCUT2D eigenvalue weighted by atomic mass is 15.1. The van der Waals surface area contributed by atoms with Crippen LogP contribution >= 0.6 is 0 Å². The van der Waals surface area contributed by atoms with E-state index in [2.05, 4.69) is 58.3 Å². The molecular weight excluding hydrogens is 234 g/mol. The molecule has 0 unspecified atom stereocenters. The minimum atomic E-state index is 1.000. The number of likely N-dealkylation sites (N-methyl/N-ethyl adjacent to an activating group) is 1. The van der Waals surface area contributed by atoms with Gasteiger partial charge in [0, 0.05) is 48.8 Å². The van der Waals surface area contributed by atoms with Crippen LogP contribution < -0.4 is 4.90 Å². The van der Waals surface area contributed by atoms with Crippen molar-refractivity contribution in [2.45, 2.75) is 6.42 Å². The summed E-state index contributed by atoms with van der Waals surface area (Å²) in [7, 11) is 2.13. The maximum Gasteiger partial charge on any atom is 0.0455 e. The topological polar surface area (TPSA) is 31.9 Å². The summed E-state index contributed by atoms with van der Waals surface area (Å²) >= 11 is 0. The van der Waals surface area contributed by atoms with Crippen molar-refractivity contribution in [1.82, 2.24) is 9.97 Å². The summed E-state index contributed by atoms with van der Waals surface area (Å²) in [5, 5.41) is 1.26. The first-order valence-corrected chi connectivity index (χ1v) is 6.50. The van der Waals surface area contributed by atoms with Gasteiger partial charge in [0.2, 0.25) is 0 Å². The predicted molar refractivity (Wildman–Crippen MR) is 79.5 cm³/mol. The second-order valence-electron chi connectivity index (χ2n) is 4.78. The molecule has 3 nitrogen and oxygen atoms in total. The van der Waals surface area contributed by atoms with E-state index in [0.717, 1.165) is 13.0 Å². The zero-order valence-electron chi connectivity index (χ0n) is 11.0. The Morgan fingerprint density at radius 2 is 1.95 bits per heavy atom. The van der Waals surface area contributed by atoms with Gasteiger partial charge in [0.15, 0.2) is 0 Å². The van der Waals surface area contributed by atoms with Crippen molar-refractivity contribution in [3.8, 4) is 0 Å². The van der Waals surface area contributed by atoms with Crippen molar-refractivity contribution in [3.05, 3.63) is 60.6 Å². The Hall–Kier alpha value is -2.29. The molecule has 0 bridgehead atoms. The molecule has 0 fully saturated rings. The third-order valence-corrected chi connectivity index (χ3v) is 3.46. The number of hydrogen-bond acceptors (Lipinski definition) is 2. The summed E-state index contributed by atoms with van der Waals surface area (Å²) in [6.45, 7) is 1.000. The Morgan fingerprint density at radius 1 is 1.11 bits per heavy atom. The first kappa shape index (κ1) is 11.8. The number of nitrogens with one attached hydrogen (secondary N) is 1. The number of hydrogen-bond donors (Lipinski definition) is 1. The van der Waals surface area contributed by atoms with Gasteiger partial charge < -0.3 is 9.88 Å². The number of fused-ring (bicyclic) bond motifs is 1. The molecule has 0 saturated heterocycles. The fourth-order valence-corrected chi connectivity index (χ4v) is 2.25. The molecule has 0 saturated carbocycles. The molecule has 1 N–H and O–H groups in total. The lowest BCUT2D eigenvalue weighted by Crippen LogP contribution is -2.20. The third kappa shape index (κ3) is 2.60. The van der Waals surface area contributed by atoms with E-state index in [4.69, 9.17) is 0 Å². The maximum atomic E-state index is 4.04. The summed E-state index contributed by atoms with van der Waals surface area (Å²) in [5.41, 5.74) is 3.76. The number of pyridine rings is 1. The monoisotopic (exact) mass is 251 g/mol. The first-order chi connectivity index (χ1) is 9.33. The number of anilines is 1. The normalized spacial score (nSPS) is 10.8. The van der Waals surface area contributed by atoms with Crippen molar-refractivity contribution in [2.24, 2.45) is 0 Å². The van der Waals surface area contributed by atoms with Gasteiger partial charge in [-0.05, 0) is 48.4 Å². The molecule has 1 aromatic carbocycles. The van der Waals surface area contributed by atoms with Crippen molar-refractivity contribution >= 4 is 16.6 Å². The third-order valence-electron chi connectivity index (χ3n) is 3.46. The van der Waals surface area contributed by atoms with Gasteiger partial charge in [0.05, 0.1) is 0 Å². The minimum Gasteiger partial charge on any atom is -0.374 e. The second-order valence-corrected chi connectivity index (χ2v) is 4.78. The lowest BCUT2D eigenvalue weighted by atomic mass is 10.1. The number of aromatic nitrogens is 2. The van der Waals surface area contributed by atoms with E-state index >= 15 is 0 Å². The van der Waals surface area contributed by atoms with Gasteiger partial charge in [-0.15, -0.1) is 0 Å². The SMILES string of the molecule is CN(CCc1ccncc1)c1ccc2[nH]ccc2c1. The summed E-state index contributed by atoms with van der Waals surface area (Å²) in [6.07, 6.45) is 6.71. The fraction of sp³-hybridized carbons (Fsp3) is 0.188. The number of nitrogens with zero attached hydrogens (tertiary/aromatic N) is 2. The van der Waals surface area contributed by atoms with E-state index in [1.165, 1.54) is 22.2 Å². The highest BCUT2D eigenvalue weighted by molar-refractivity contribution is 5.83. The van der Waals surface area contributed by atoms with Crippen LogP contribution in [0.4, 0.5) is 5.69 Å². The average Bonchev–Trinajstić information content (AvgIpc) is 2.93. The Bertz CT molecular complexity index is 658. The van der Waals surface area contributed by atoms with Crippen LogP contribution in [0, 0.1) is 0 Å². The minimum absolute atomic E-state index is 1.000. The van der Waals surface area contributed by atoms with Crippen LogP contribution in [0.3, 0.4) is 0 Å². The number of benzene rings is 1. The van der Waals surface area contributed by atoms with Crippen LogP contribution in [-0.2, 0) is 6.42 Å². The lowest BCUT2D eigenvalue weighted by molar-refractivity contribution is 0.875. The molecule has 3 rings (SSSR count). The number of H-pyrrole nitrogens is 1. The smallest absolute Gasteiger partial charge is 0.0455 e. The van der Waals surface area contributed by atoms with E-state index in [-0.39, 0.29) is 0 Å². The van der Waals surface area contributed by atoms with Crippen LogP contribution in [0.25, 0.3) is 10.9 Å². The van der Waals surface area contributed by atoms with Gasteiger partial charge in [-0.3, -0.25) is 4.98 Å². The zero-order chi connectivity index (χ0) is 13.1. The van der Waals surface area contributed by atoms with Crippen LogP contribution in [0.2, 0.25) is 0 Å². The average molecular weight is 251 g/mol. The van der Waals surface area contributed by atoms with Gasteiger partial charge in [-0.1, -0.05) is 0 Å². The Kier molecular flexibility index (Phi) is 3.19. The molecule has 3 aromatic rings. The highest BCUT2D eigenvalue weighted by Gasteiger charge is 2.03. The van der Waals surface area contributed by atoms with Gasteiger partial charge >= 0.3 is 0 Å². The Labute approximate surface area is 112 Å². The lowest BCUT2D eigenvalue weighted by Gasteiger charge is -2.19. The van der Waals surface area contributed by atoms with Gasteiger partial charge in [-0.25, -0.2) is 0 Å². The molecular formula is C16H17N3. The second kappa shape index (κ2) is 5.14. The summed E-state index contributed by atoms with van der Waals surface area (Å²) in [5.74, 6) is 0. The predicted octanol–water partition coefficient (Wildman–Crippen LogP) is 3.24. The van der Waals surface area contributed by atoms with E-state index in [1.54, 1.807) is 0 Å². The molecule has 96 valence electrons. The van der Waals surface area contributed by atoms with Crippen LogP contribution in [0.15, 0.2) is 55.0 Å². The fourth-order valence-electron chi connectivity index (χ4n) is 2.25. The number of aromatic amines is 1. The van der Waals surface area contributed by atoms with E-state index in [1.807, 2.05) is 18.6 Å². The molecule has 2 heterocycles. The van der Waals surface area contributed by atoms with Gasteiger partial charge in [-0.2, -0.15) is 0 Å². The highest BCUT2D eigenvalue weighted by Crippen LogP contribution is 2.20. The molecule has 0 atom stereocenters. The molecule has 0 aliphatic carbocycles. The molecule has 2 aromatic heterocycles. The van der Waals surface area contributed by atoms with Gasteiger partial charge in [0.25, 0.3) is 0 Å². The Morgan fingerprint density at radius 3 is 2.79 bits per heavy atom. The molecule has 3 heteroatoms. The van der Waals surface area contributed by atoms with E-state index in [0.29, 0.717) is 0 Å². The van der Waals surface area contributed by atoms with Crippen molar-refractivity contribution in [3.63, 3.8) is 0 Å². The van der Waals surface area contributed by atoms with E-state index in [9.17, 15) is 0 Å². The molecule has 0 aliphatic rings. The molecule has 19 heavy (non-hydrogen) atoms. The van der Waals surface area contributed by atoms with Crippen molar-refractivity contribution < 1.29 is 0 Å².